The van der Waals surface area contributed by atoms with Gasteiger partial charge in [0, 0.05) is 23.9 Å². The van der Waals surface area contributed by atoms with Gasteiger partial charge in [-0.25, -0.2) is 0 Å². The SMILES string of the molecule is O=CCCNC(=O)c1ccccc1SC(=O)c1ccccc1[N+](=O)[O-]. The highest BCUT2D eigenvalue weighted by Crippen LogP contribution is 2.30. The summed E-state index contributed by atoms with van der Waals surface area (Å²) in [6, 6.07) is 12.1. The molecule has 0 unspecified atom stereocenters. The lowest BCUT2D eigenvalue weighted by Gasteiger charge is -2.08. The van der Waals surface area contributed by atoms with Gasteiger partial charge in [0.1, 0.15) is 11.8 Å². The number of nitro groups is 1. The van der Waals surface area contributed by atoms with E-state index in [1.165, 1.54) is 18.2 Å². The molecule has 2 aromatic carbocycles. The minimum absolute atomic E-state index is 0.0336. The smallest absolute Gasteiger partial charge is 0.281 e. The van der Waals surface area contributed by atoms with Gasteiger partial charge in [0.05, 0.1) is 10.5 Å². The molecular formula is C17H14N2O5S. The Bertz CT molecular complexity index is 822. The minimum Gasteiger partial charge on any atom is -0.352 e. The molecule has 1 amide bonds. The van der Waals surface area contributed by atoms with Crippen LogP contribution in [0.15, 0.2) is 53.4 Å². The quantitative estimate of drug-likeness (QED) is 0.268. The second-order valence-corrected chi connectivity index (χ2v) is 5.89. The highest BCUT2D eigenvalue weighted by atomic mass is 32.2. The summed E-state index contributed by atoms with van der Waals surface area (Å²) < 4.78 is 0. The van der Waals surface area contributed by atoms with E-state index in [4.69, 9.17) is 0 Å². The number of carbonyl (C=O) groups excluding carboxylic acids is 3. The van der Waals surface area contributed by atoms with Gasteiger partial charge in [0.25, 0.3) is 11.6 Å². The molecule has 2 rings (SSSR count). The maximum absolute atomic E-state index is 12.5. The van der Waals surface area contributed by atoms with Crippen molar-refractivity contribution in [1.82, 2.24) is 5.32 Å². The predicted molar refractivity (Wildman–Crippen MR) is 92.7 cm³/mol. The van der Waals surface area contributed by atoms with Crippen molar-refractivity contribution in [3.8, 4) is 0 Å². The molecule has 1 N–H and O–H groups in total. The zero-order chi connectivity index (χ0) is 18.2. The fraction of sp³-hybridized carbons (Fsp3) is 0.118. The van der Waals surface area contributed by atoms with Crippen LogP contribution in [-0.2, 0) is 4.79 Å². The Kier molecular flexibility index (Phi) is 6.41. The normalized spacial score (nSPS) is 10.1. The molecule has 0 atom stereocenters. The lowest BCUT2D eigenvalue weighted by molar-refractivity contribution is -0.385. The Morgan fingerprint density at radius 3 is 2.40 bits per heavy atom. The largest absolute Gasteiger partial charge is 0.352 e. The zero-order valence-corrected chi connectivity index (χ0v) is 13.8. The van der Waals surface area contributed by atoms with Crippen LogP contribution in [0.4, 0.5) is 5.69 Å². The van der Waals surface area contributed by atoms with Crippen LogP contribution in [0, 0.1) is 10.1 Å². The molecule has 0 aliphatic carbocycles. The molecular weight excluding hydrogens is 344 g/mol. The van der Waals surface area contributed by atoms with Crippen LogP contribution in [0.2, 0.25) is 0 Å². The van der Waals surface area contributed by atoms with Crippen LogP contribution < -0.4 is 5.32 Å². The Hall–Kier alpha value is -3.00. The molecule has 2 aromatic rings. The van der Waals surface area contributed by atoms with Gasteiger partial charge in [-0.2, -0.15) is 0 Å². The Balaban J connectivity index is 2.23. The molecule has 0 aliphatic heterocycles. The van der Waals surface area contributed by atoms with E-state index in [9.17, 15) is 24.5 Å². The number of aldehydes is 1. The Labute approximate surface area is 147 Å². The molecule has 8 heteroatoms. The Morgan fingerprint density at radius 2 is 1.72 bits per heavy atom. The molecule has 0 aromatic heterocycles. The van der Waals surface area contributed by atoms with E-state index in [2.05, 4.69) is 5.32 Å². The van der Waals surface area contributed by atoms with Crippen molar-refractivity contribution in [2.45, 2.75) is 11.3 Å². The molecule has 0 aliphatic rings. The molecule has 128 valence electrons. The molecule has 0 spiro atoms. The van der Waals surface area contributed by atoms with E-state index in [1.807, 2.05) is 0 Å². The predicted octanol–water partition coefficient (Wildman–Crippen LogP) is 2.85. The van der Waals surface area contributed by atoms with Gasteiger partial charge in [-0.15, -0.1) is 0 Å². The lowest BCUT2D eigenvalue weighted by atomic mass is 10.2. The third kappa shape index (κ3) is 4.74. The topological polar surface area (TPSA) is 106 Å². The standard InChI is InChI=1S/C17H14N2O5S/c20-11-5-10-18-16(21)13-7-2-4-9-15(13)25-17(22)12-6-1-3-8-14(12)19(23)24/h1-4,6-9,11H,5,10H2,(H,18,21). The number of thioether (sulfide) groups is 1. The molecule has 0 saturated carbocycles. The molecule has 25 heavy (non-hydrogen) atoms. The molecule has 0 bridgehead atoms. The van der Waals surface area contributed by atoms with Gasteiger partial charge in [0.15, 0.2) is 0 Å². The number of nitro benzene ring substituents is 1. The maximum Gasteiger partial charge on any atom is 0.281 e. The summed E-state index contributed by atoms with van der Waals surface area (Å²) in [5, 5.41) is 13.1. The van der Waals surface area contributed by atoms with Crippen LogP contribution >= 0.6 is 11.8 Å². The van der Waals surface area contributed by atoms with E-state index < -0.39 is 15.9 Å². The molecule has 0 fully saturated rings. The first-order chi connectivity index (χ1) is 12.0. The average molecular weight is 358 g/mol. The minimum atomic E-state index is -0.619. The number of hydrogen-bond acceptors (Lipinski definition) is 6. The number of benzene rings is 2. The van der Waals surface area contributed by atoms with Gasteiger partial charge in [0.2, 0.25) is 5.12 Å². The van der Waals surface area contributed by atoms with Crippen LogP contribution in [0.5, 0.6) is 0 Å². The van der Waals surface area contributed by atoms with Gasteiger partial charge in [-0.05, 0) is 30.0 Å². The number of amides is 1. The lowest BCUT2D eigenvalue weighted by Crippen LogP contribution is -2.25. The van der Waals surface area contributed by atoms with Crippen molar-refractivity contribution in [2.75, 3.05) is 6.54 Å². The summed E-state index contributed by atoms with van der Waals surface area (Å²) in [7, 11) is 0. The number of nitrogens with zero attached hydrogens (tertiary/aromatic N) is 1. The van der Waals surface area contributed by atoms with Crippen LogP contribution in [0.3, 0.4) is 0 Å². The third-order valence-electron chi connectivity index (χ3n) is 3.20. The van der Waals surface area contributed by atoms with E-state index >= 15 is 0 Å². The van der Waals surface area contributed by atoms with Crippen molar-refractivity contribution in [2.24, 2.45) is 0 Å². The van der Waals surface area contributed by atoms with Crippen LogP contribution in [0.1, 0.15) is 27.1 Å². The summed E-state index contributed by atoms with van der Waals surface area (Å²) in [5.74, 6) is -0.416. The molecule has 0 radical (unpaired) electrons. The summed E-state index contributed by atoms with van der Waals surface area (Å²) in [5.41, 5.74) is -0.0492. The van der Waals surface area contributed by atoms with Crippen molar-refractivity contribution < 1.29 is 19.3 Å². The van der Waals surface area contributed by atoms with Gasteiger partial charge < -0.3 is 10.1 Å². The second-order valence-electron chi connectivity index (χ2n) is 4.87. The summed E-state index contributed by atoms with van der Waals surface area (Å²) in [6.45, 7) is 0.194. The fourth-order valence-corrected chi connectivity index (χ4v) is 2.94. The van der Waals surface area contributed by atoms with Gasteiger partial charge in [-0.3, -0.25) is 19.7 Å². The highest BCUT2D eigenvalue weighted by Gasteiger charge is 2.22. The second kappa shape index (κ2) is 8.74. The first-order valence-corrected chi connectivity index (χ1v) is 8.12. The number of para-hydroxylation sites is 1. The number of hydrogen-bond donors (Lipinski definition) is 1. The molecule has 0 saturated heterocycles. The van der Waals surface area contributed by atoms with Crippen molar-refractivity contribution >= 4 is 34.8 Å². The monoisotopic (exact) mass is 358 g/mol. The first-order valence-electron chi connectivity index (χ1n) is 7.31. The average Bonchev–Trinajstić information content (AvgIpc) is 2.62. The summed E-state index contributed by atoms with van der Waals surface area (Å²) in [6.07, 6.45) is 0.884. The highest BCUT2D eigenvalue weighted by molar-refractivity contribution is 8.14. The van der Waals surface area contributed by atoms with Crippen LogP contribution in [0.25, 0.3) is 0 Å². The van der Waals surface area contributed by atoms with E-state index in [0.29, 0.717) is 11.2 Å². The fourth-order valence-electron chi connectivity index (χ4n) is 2.04. The van der Waals surface area contributed by atoms with E-state index in [0.717, 1.165) is 11.8 Å². The molecule has 7 nitrogen and oxygen atoms in total. The maximum atomic E-state index is 12.5. The summed E-state index contributed by atoms with van der Waals surface area (Å²) in [4.78, 5) is 45.8. The summed E-state index contributed by atoms with van der Waals surface area (Å²) >= 11 is 0.749. The van der Waals surface area contributed by atoms with Crippen molar-refractivity contribution in [1.29, 1.82) is 0 Å². The number of carbonyl (C=O) groups is 3. The van der Waals surface area contributed by atoms with E-state index in [1.54, 1.807) is 30.3 Å². The number of rotatable bonds is 7. The van der Waals surface area contributed by atoms with Gasteiger partial charge in [-0.1, -0.05) is 24.3 Å². The zero-order valence-electron chi connectivity index (χ0n) is 13.0. The van der Waals surface area contributed by atoms with Crippen LogP contribution in [-0.4, -0.2) is 28.8 Å². The third-order valence-corrected chi connectivity index (χ3v) is 4.18. The first kappa shape index (κ1) is 18.3. The van der Waals surface area contributed by atoms with Gasteiger partial charge >= 0.3 is 0 Å². The molecule has 0 heterocycles. The van der Waals surface area contributed by atoms with Crippen molar-refractivity contribution in [3.05, 3.63) is 69.8 Å². The van der Waals surface area contributed by atoms with Crippen molar-refractivity contribution in [3.63, 3.8) is 0 Å². The van der Waals surface area contributed by atoms with E-state index in [-0.39, 0.29) is 29.8 Å². The number of nitrogens with one attached hydrogen (secondary N) is 1. The Morgan fingerprint density at radius 1 is 1.08 bits per heavy atom.